The largest absolute Gasteiger partial charge is 0.478 e. The number of hydrogen-bond donors (Lipinski definition) is 1. The van der Waals surface area contributed by atoms with E-state index in [2.05, 4.69) is 22.0 Å². The Kier molecular flexibility index (Phi) is 4.16. The third kappa shape index (κ3) is 2.87. The van der Waals surface area contributed by atoms with E-state index in [1.807, 2.05) is 18.1 Å². The summed E-state index contributed by atoms with van der Waals surface area (Å²) in [6.07, 6.45) is 8.25. The van der Waals surface area contributed by atoms with Crippen LogP contribution in [0.5, 0.6) is 5.88 Å². The molecule has 1 saturated carbocycles. The molecule has 2 unspecified atom stereocenters. The zero-order valence-electron chi connectivity index (χ0n) is 16.9. The molecular weight excluding hydrogens is 386 g/mol. The molecular formula is C20H23N7O3. The first-order valence-corrected chi connectivity index (χ1v) is 9.82. The van der Waals surface area contributed by atoms with Crippen molar-refractivity contribution in [3.63, 3.8) is 0 Å². The van der Waals surface area contributed by atoms with Gasteiger partial charge in [-0.05, 0) is 23.8 Å². The molecule has 0 bridgehead atoms. The maximum absolute atomic E-state index is 13.0. The fourth-order valence-corrected chi connectivity index (χ4v) is 4.59. The molecule has 0 spiro atoms. The number of likely N-dealkylation sites (tertiary alicyclic amines) is 1. The molecule has 2 fully saturated rings. The number of rotatable bonds is 6. The third-order valence-corrected chi connectivity index (χ3v) is 6.14. The number of aromatic nitrogens is 5. The van der Waals surface area contributed by atoms with Crippen LogP contribution in [0.1, 0.15) is 0 Å². The summed E-state index contributed by atoms with van der Waals surface area (Å²) in [5.41, 5.74) is 1.80. The summed E-state index contributed by atoms with van der Waals surface area (Å²) >= 11 is 0. The highest BCUT2D eigenvalue weighted by Gasteiger charge is 2.56. The third-order valence-electron chi connectivity index (χ3n) is 6.14. The summed E-state index contributed by atoms with van der Waals surface area (Å²) in [6.45, 7) is 5.64. The van der Waals surface area contributed by atoms with Crippen LogP contribution in [-0.2, 0) is 18.4 Å². The van der Waals surface area contributed by atoms with Gasteiger partial charge in [-0.15, -0.1) is 5.10 Å². The number of carbonyl (C=O) groups excluding carboxylic acids is 1. The number of ether oxygens (including phenoxy) is 1. The molecule has 1 amide bonds. The standard InChI is InChI=1S/C20H23N7O3/c1-4-17(28)25-7-12-13(8-25)14(12)9-26-11-15(18-21-5-6-27(18)20(26)29)22-16-10-24(2)23-19(16)30-3/h4-6,10-14,22H,1,7-9H2,2-3H3. The molecule has 30 heavy (non-hydrogen) atoms. The van der Waals surface area contributed by atoms with Crippen LogP contribution in [0.3, 0.4) is 0 Å². The van der Waals surface area contributed by atoms with E-state index in [9.17, 15) is 9.59 Å². The van der Waals surface area contributed by atoms with Crippen molar-refractivity contribution in [2.75, 3.05) is 25.5 Å². The Morgan fingerprint density at radius 2 is 2.10 bits per heavy atom. The Hall–Kier alpha value is -3.56. The zero-order valence-corrected chi connectivity index (χ0v) is 16.9. The van der Waals surface area contributed by atoms with E-state index >= 15 is 0 Å². The van der Waals surface area contributed by atoms with Crippen molar-refractivity contribution in [2.24, 2.45) is 24.8 Å². The summed E-state index contributed by atoms with van der Waals surface area (Å²) in [6, 6.07) is 0. The molecule has 1 aliphatic carbocycles. The minimum atomic E-state index is -0.129. The van der Waals surface area contributed by atoms with Crippen molar-refractivity contribution < 1.29 is 9.53 Å². The van der Waals surface area contributed by atoms with Gasteiger partial charge >= 0.3 is 5.69 Å². The second-order valence-corrected chi connectivity index (χ2v) is 7.89. The molecule has 0 aromatic carbocycles. The predicted molar refractivity (Wildman–Crippen MR) is 110 cm³/mol. The molecule has 4 heterocycles. The van der Waals surface area contributed by atoms with Crippen molar-refractivity contribution >= 4 is 22.9 Å². The van der Waals surface area contributed by atoms with Gasteiger partial charge in [-0.2, -0.15) is 0 Å². The van der Waals surface area contributed by atoms with Crippen LogP contribution in [0.4, 0.5) is 11.4 Å². The molecule has 2 atom stereocenters. The lowest BCUT2D eigenvalue weighted by atomic mass is 10.2. The van der Waals surface area contributed by atoms with Crippen LogP contribution < -0.4 is 15.7 Å². The van der Waals surface area contributed by atoms with Crippen molar-refractivity contribution in [1.29, 1.82) is 0 Å². The fraction of sp³-hybridized carbons (Fsp3) is 0.400. The van der Waals surface area contributed by atoms with Gasteiger partial charge in [-0.3, -0.25) is 14.0 Å². The van der Waals surface area contributed by atoms with Crippen LogP contribution in [-0.4, -0.2) is 54.7 Å². The number of carbonyl (C=O) groups is 1. The molecule has 3 aromatic rings. The molecule has 156 valence electrons. The van der Waals surface area contributed by atoms with Gasteiger partial charge < -0.3 is 15.0 Å². The van der Waals surface area contributed by atoms with E-state index in [-0.39, 0.29) is 11.6 Å². The SMILES string of the molecule is C=CC(=O)N1CC2C(C1)C2Cn1cc(Nc2cn(C)nc2OC)c2nccn2c1=O. The number of anilines is 2. The molecule has 2 aliphatic rings. The molecule has 5 rings (SSSR count). The predicted octanol–water partition coefficient (Wildman–Crippen LogP) is 0.872. The summed E-state index contributed by atoms with van der Waals surface area (Å²) in [5.74, 6) is 1.71. The Morgan fingerprint density at radius 1 is 1.33 bits per heavy atom. The number of amides is 1. The fourth-order valence-electron chi connectivity index (χ4n) is 4.59. The molecule has 1 aliphatic heterocycles. The van der Waals surface area contributed by atoms with Crippen LogP contribution in [0.25, 0.3) is 5.65 Å². The molecule has 1 N–H and O–H groups in total. The quantitative estimate of drug-likeness (QED) is 0.607. The van der Waals surface area contributed by atoms with Gasteiger partial charge in [0.1, 0.15) is 5.69 Å². The Morgan fingerprint density at radius 3 is 2.80 bits per heavy atom. The van der Waals surface area contributed by atoms with Crippen molar-refractivity contribution in [3.8, 4) is 5.88 Å². The van der Waals surface area contributed by atoms with Gasteiger partial charge in [-0.1, -0.05) is 6.58 Å². The van der Waals surface area contributed by atoms with Gasteiger partial charge in [-0.25, -0.2) is 14.2 Å². The van der Waals surface area contributed by atoms with Crippen molar-refractivity contribution in [2.45, 2.75) is 6.54 Å². The maximum atomic E-state index is 13.0. The van der Waals surface area contributed by atoms with Crippen molar-refractivity contribution in [1.82, 2.24) is 28.6 Å². The number of aryl methyl sites for hydroxylation is 1. The van der Waals surface area contributed by atoms with Gasteiger partial charge in [0.15, 0.2) is 5.65 Å². The maximum Gasteiger partial charge on any atom is 0.334 e. The number of imidazole rings is 1. The van der Waals surface area contributed by atoms with Gasteiger partial charge in [0.05, 0.1) is 19.0 Å². The van der Waals surface area contributed by atoms with E-state index in [0.29, 0.717) is 47.2 Å². The normalized spacial score (nSPS) is 22.2. The lowest BCUT2D eigenvalue weighted by Crippen LogP contribution is -2.32. The average Bonchev–Trinajstić information content (AvgIpc) is 3.21. The molecule has 10 heteroatoms. The highest BCUT2D eigenvalue weighted by Crippen LogP contribution is 2.52. The summed E-state index contributed by atoms with van der Waals surface area (Å²) in [5, 5.41) is 7.55. The van der Waals surface area contributed by atoms with Crippen molar-refractivity contribution in [3.05, 3.63) is 47.9 Å². The molecule has 0 radical (unpaired) electrons. The van der Waals surface area contributed by atoms with Gasteiger partial charge in [0, 0.05) is 45.3 Å². The number of methoxy groups -OCH3 is 1. The number of hydrogen-bond acceptors (Lipinski definition) is 6. The Bertz CT molecular complexity index is 1190. The number of piperidine rings is 1. The summed E-state index contributed by atoms with van der Waals surface area (Å²) < 4.78 is 10.2. The van der Waals surface area contributed by atoms with Crippen LogP contribution in [0, 0.1) is 17.8 Å². The number of fused-ring (bicyclic) bond motifs is 2. The van der Waals surface area contributed by atoms with E-state index in [0.717, 1.165) is 13.1 Å². The minimum absolute atomic E-state index is 0.0187. The summed E-state index contributed by atoms with van der Waals surface area (Å²) in [4.78, 5) is 30.9. The first-order chi connectivity index (χ1) is 14.5. The van der Waals surface area contributed by atoms with E-state index in [1.54, 1.807) is 34.9 Å². The summed E-state index contributed by atoms with van der Waals surface area (Å²) in [7, 11) is 3.37. The van der Waals surface area contributed by atoms with Crippen LogP contribution in [0.2, 0.25) is 0 Å². The highest BCUT2D eigenvalue weighted by molar-refractivity contribution is 5.87. The van der Waals surface area contributed by atoms with Gasteiger partial charge in [0.2, 0.25) is 5.91 Å². The molecule has 3 aromatic heterocycles. The van der Waals surface area contributed by atoms with Crippen LogP contribution >= 0.6 is 0 Å². The second-order valence-electron chi connectivity index (χ2n) is 7.89. The van der Waals surface area contributed by atoms with E-state index in [1.165, 1.54) is 10.5 Å². The number of nitrogens with one attached hydrogen (secondary N) is 1. The average molecular weight is 409 g/mol. The monoisotopic (exact) mass is 409 g/mol. The lowest BCUT2D eigenvalue weighted by molar-refractivity contribution is -0.125. The second kappa shape index (κ2) is 6.75. The van der Waals surface area contributed by atoms with E-state index in [4.69, 9.17) is 4.74 Å². The van der Waals surface area contributed by atoms with Gasteiger partial charge in [0.25, 0.3) is 5.88 Å². The highest BCUT2D eigenvalue weighted by atomic mass is 16.5. The van der Waals surface area contributed by atoms with Crippen LogP contribution in [0.15, 0.2) is 42.2 Å². The lowest BCUT2D eigenvalue weighted by Gasteiger charge is -2.18. The minimum Gasteiger partial charge on any atom is -0.478 e. The smallest absolute Gasteiger partial charge is 0.334 e. The first-order valence-electron chi connectivity index (χ1n) is 9.82. The zero-order chi connectivity index (χ0) is 21.0. The molecule has 1 saturated heterocycles. The Balaban J connectivity index is 1.42. The topological polar surface area (TPSA) is 98.7 Å². The molecule has 10 nitrogen and oxygen atoms in total. The number of nitrogens with zero attached hydrogens (tertiary/aromatic N) is 6. The Labute approximate surface area is 172 Å². The first kappa shape index (κ1) is 18.5. The van der Waals surface area contributed by atoms with E-state index < -0.39 is 0 Å².